The van der Waals surface area contributed by atoms with E-state index in [9.17, 15) is 9.59 Å². The third-order valence-corrected chi connectivity index (χ3v) is 8.35. The average molecular weight is 500 g/mol. The summed E-state index contributed by atoms with van der Waals surface area (Å²) in [5.74, 6) is 1.23. The van der Waals surface area contributed by atoms with Gasteiger partial charge in [0.25, 0.3) is 0 Å². The molecule has 0 amide bonds. The summed E-state index contributed by atoms with van der Waals surface area (Å²) >= 11 is 1.50. The number of nitrogens with zero attached hydrogens (tertiary/aromatic N) is 3. The number of anilines is 3. The minimum absolute atomic E-state index is 0.204. The third-order valence-electron chi connectivity index (χ3n) is 7.33. The summed E-state index contributed by atoms with van der Waals surface area (Å²) in [5.41, 5.74) is 3.14. The van der Waals surface area contributed by atoms with E-state index in [1.807, 2.05) is 60.7 Å². The fraction of sp³-hybridized carbons (Fsp3) is 0.0968. The molecule has 5 aromatic rings. The number of allylic oxidation sites excluding steroid dienone is 1. The zero-order valence-corrected chi connectivity index (χ0v) is 21.0. The SMILES string of the molecule is CC1(C)c2cccnc2N(c2ccc(C=C3C(=O)c4cc5ccccc5cc4C3=O)s2)c2ncccc21. The molecule has 0 saturated carbocycles. The van der Waals surface area contributed by atoms with Gasteiger partial charge in [-0.15, -0.1) is 11.3 Å². The molecule has 5 nitrogen and oxygen atoms in total. The second-order valence-corrected chi connectivity index (χ2v) is 10.9. The van der Waals surface area contributed by atoms with Crippen LogP contribution in [0.2, 0.25) is 0 Å². The second-order valence-electron chi connectivity index (χ2n) is 9.85. The van der Waals surface area contributed by atoms with Crippen molar-refractivity contribution >= 4 is 56.4 Å². The largest absolute Gasteiger partial charge is 0.288 e. The zero-order chi connectivity index (χ0) is 25.3. The molecule has 0 unspecified atom stereocenters. The number of aromatic nitrogens is 2. The van der Waals surface area contributed by atoms with Crippen molar-refractivity contribution in [3.63, 3.8) is 0 Å². The van der Waals surface area contributed by atoms with Crippen LogP contribution < -0.4 is 4.90 Å². The van der Waals surface area contributed by atoms with Crippen LogP contribution >= 0.6 is 11.3 Å². The van der Waals surface area contributed by atoms with Crippen molar-refractivity contribution in [1.82, 2.24) is 9.97 Å². The molecular weight excluding hydrogens is 478 g/mol. The molecule has 0 bridgehead atoms. The van der Waals surface area contributed by atoms with E-state index in [-0.39, 0.29) is 22.6 Å². The molecule has 0 spiro atoms. The van der Waals surface area contributed by atoms with Gasteiger partial charge in [0.05, 0.1) is 5.57 Å². The molecule has 1 aliphatic carbocycles. The lowest BCUT2D eigenvalue weighted by molar-refractivity contribution is 0.0990. The Morgan fingerprint density at radius 3 is 1.89 bits per heavy atom. The van der Waals surface area contributed by atoms with Crippen LogP contribution in [0.3, 0.4) is 0 Å². The van der Waals surface area contributed by atoms with Gasteiger partial charge in [0.1, 0.15) is 16.6 Å². The van der Waals surface area contributed by atoms with Gasteiger partial charge in [0, 0.05) is 44.9 Å². The molecule has 1 aliphatic heterocycles. The van der Waals surface area contributed by atoms with Gasteiger partial charge < -0.3 is 0 Å². The summed E-state index contributed by atoms with van der Waals surface area (Å²) in [6.45, 7) is 4.38. The number of benzene rings is 2. The maximum absolute atomic E-state index is 13.2. The third kappa shape index (κ3) is 3.16. The van der Waals surface area contributed by atoms with Gasteiger partial charge >= 0.3 is 0 Å². The molecule has 0 fully saturated rings. The minimum Gasteiger partial charge on any atom is -0.288 e. The van der Waals surface area contributed by atoms with Crippen LogP contribution in [0.1, 0.15) is 50.6 Å². The first-order valence-corrected chi connectivity index (χ1v) is 12.9. The summed E-state index contributed by atoms with van der Waals surface area (Å²) in [4.78, 5) is 38.9. The average Bonchev–Trinajstić information content (AvgIpc) is 3.46. The van der Waals surface area contributed by atoms with E-state index >= 15 is 0 Å². The molecule has 0 N–H and O–H groups in total. The van der Waals surface area contributed by atoms with Crippen molar-refractivity contribution < 1.29 is 9.59 Å². The number of fused-ring (bicyclic) bond motifs is 4. The first-order valence-electron chi connectivity index (χ1n) is 12.1. The van der Waals surface area contributed by atoms with Crippen LogP contribution in [0.15, 0.2) is 90.8 Å². The Balaban J connectivity index is 1.31. The monoisotopic (exact) mass is 499 g/mol. The molecular formula is C31H21N3O2S. The lowest BCUT2D eigenvalue weighted by Gasteiger charge is -2.39. The maximum atomic E-state index is 13.2. The zero-order valence-electron chi connectivity index (χ0n) is 20.2. The number of carbonyl (C=O) groups is 2. The van der Waals surface area contributed by atoms with Gasteiger partial charge in [-0.1, -0.05) is 50.2 Å². The Morgan fingerprint density at radius 2 is 1.32 bits per heavy atom. The van der Waals surface area contributed by atoms with Gasteiger partial charge in [-0.2, -0.15) is 0 Å². The van der Waals surface area contributed by atoms with Gasteiger partial charge in [0.2, 0.25) is 0 Å². The van der Waals surface area contributed by atoms with Crippen LogP contribution in [-0.2, 0) is 5.41 Å². The van der Waals surface area contributed by atoms with Crippen molar-refractivity contribution in [3.05, 3.63) is 118 Å². The number of thiophene rings is 1. The van der Waals surface area contributed by atoms with Crippen molar-refractivity contribution in [2.24, 2.45) is 0 Å². The molecule has 37 heavy (non-hydrogen) atoms. The van der Waals surface area contributed by atoms with E-state index in [0.717, 1.165) is 43.4 Å². The molecule has 6 heteroatoms. The maximum Gasteiger partial charge on any atom is 0.197 e. The second kappa shape index (κ2) is 7.79. The van der Waals surface area contributed by atoms with Crippen molar-refractivity contribution in [1.29, 1.82) is 0 Å². The Morgan fingerprint density at radius 1 is 0.757 bits per heavy atom. The molecule has 0 saturated heterocycles. The fourth-order valence-corrected chi connectivity index (χ4v) is 6.36. The van der Waals surface area contributed by atoms with Crippen molar-refractivity contribution in [3.8, 4) is 0 Å². The van der Waals surface area contributed by atoms with Gasteiger partial charge in [0.15, 0.2) is 11.6 Å². The Kier molecular flexibility index (Phi) is 4.59. The Bertz CT molecular complexity index is 1710. The van der Waals surface area contributed by atoms with E-state index in [1.54, 1.807) is 18.5 Å². The predicted molar refractivity (Wildman–Crippen MR) is 147 cm³/mol. The lowest BCUT2D eigenvalue weighted by atomic mass is 9.76. The molecule has 0 radical (unpaired) electrons. The number of Topliss-reactive ketones (excluding diaryl/α,β-unsaturated/α-hetero) is 2. The number of pyridine rings is 2. The molecule has 178 valence electrons. The molecule has 0 atom stereocenters. The molecule has 4 heterocycles. The number of ketones is 2. The van der Waals surface area contributed by atoms with Crippen LogP contribution in [-0.4, -0.2) is 21.5 Å². The topological polar surface area (TPSA) is 63.2 Å². The summed E-state index contributed by atoms with van der Waals surface area (Å²) in [7, 11) is 0. The smallest absolute Gasteiger partial charge is 0.197 e. The lowest BCUT2D eigenvalue weighted by Crippen LogP contribution is -2.31. The first kappa shape index (κ1) is 21.8. The summed E-state index contributed by atoms with van der Waals surface area (Å²) in [5, 5.41) is 2.82. The highest BCUT2D eigenvalue weighted by Crippen LogP contribution is 2.51. The van der Waals surface area contributed by atoms with E-state index in [4.69, 9.17) is 9.97 Å². The van der Waals surface area contributed by atoms with Gasteiger partial charge in [-0.3, -0.25) is 14.5 Å². The number of hydrogen-bond acceptors (Lipinski definition) is 6. The predicted octanol–water partition coefficient (Wildman–Crippen LogP) is 7.26. The normalized spacial score (nSPS) is 15.5. The number of hydrogen-bond donors (Lipinski definition) is 0. The summed E-state index contributed by atoms with van der Waals surface area (Å²) in [6, 6.07) is 23.5. The van der Waals surface area contributed by atoms with Crippen molar-refractivity contribution in [2.75, 3.05) is 4.90 Å². The Hall–Kier alpha value is -4.42. The fourth-order valence-electron chi connectivity index (χ4n) is 5.40. The van der Waals surface area contributed by atoms with Crippen LogP contribution in [0, 0.1) is 0 Å². The quantitative estimate of drug-likeness (QED) is 0.189. The van der Waals surface area contributed by atoms with E-state index < -0.39 is 0 Å². The summed E-state index contributed by atoms with van der Waals surface area (Å²) < 4.78 is 0. The van der Waals surface area contributed by atoms with Crippen LogP contribution in [0.25, 0.3) is 16.8 Å². The number of rotatable bonds is 2. The molecule has 3 aromatic heterocycles. The number of carbonyl (C=O) groups excluding carboxylic acids is 2. The molecule has 2 aromatic carbocycles. The van der Waals surface area contributed by atoms with E-state index in [0.29, 0.717) is 11.1 Å². The van der Waals surface area contributed by atoms with Crippen LogP contribution in [0.5, 0.6) is 0 Å². The van der Waals surface area contributed by atoms with Gasteiger partial charge in [-0.05, 0) is 53.2 Å². The van der Waals surface area contributed by atoms with E-state index in [2.05, 4.69) is 30.9 Å². The van der Waals surface area contributed by atoms with Gasteiger partial charge in [-0.25, -0.2) is 9.97 Å². The van der Waals surface area contributed by atoms with E-state index in [1.165, 1.54) is 11.3 Å². The highest BCUT2D eigenvalue weighted by Gasteiger charge is 2.39. The van der Waals surface area contributed by atoms with Crippen LogP contribution in [0.4, 0.5) is 16.6 Å². The van der Waals surface area contributed by atoms with Crippen molar-refractivity contribution in [2.45, 2.75) is 19.3 Å². The molecule has 7 rings (SSSR count). The summed E-state index contributed by atoms with van der Waals surface area (Å²) in [6.07, 6.45) is 5.31. The highest BCUT2D eigenvalue weighted by molar-refractivity contribution is 7.17. The first-order chi connectivity index (χ1) is 17.9. The molecule has 2 aliphatic rings. The Labute approximate surface area is 217 Å². The minimum atomic E-state index is -0.246. The highest BCUT2D eigenvalue weighted by atomic mass is 32.1. The standard InChI is InChI=1S/C31H21N3O2S/c1-31(2)24-9-5-13-32-29(24)34(30-25(31)10-6-14-33-30)26-12-11-20(37-26)17-23-27(35)21-15-18-7-3-4-8-19(18)16-22(21)28(23)36/h3-17H,1-2H3.